The average molecular weight is 198 g/mol. The van der Waals surface area contributed by atoms with E-state index in [9.17, 15) is 0 Å². The van der Waals surface area contributed by atoms with Crippen LogP contribution in [0.2, 0.25) is 0 Å². The molecule has 0 aromatic rings. The monoisotopic (exact) mass is 198 g/mol. The summed E-state index contributed by atoms with van der Waals surface area (Å²) in [7, 11) is 0. The molecule has 0 amide bonds. The predicted octanol–water partition coefficient (Wildman–Crippen LogP) is 2.32. The zero-order valence-corrected chi connectivity index (χ0v) is 9.38. The molecule has 0 bridgehead atoms. The molecule has 1 aliphatic rings. The van der Waals surface area contributed by atoms with Crippen LogP contribution in [-0.4, -0.2) is 24.9 Å². The van der Waals surface area contributed by atoms with E-state index in [1.807, 2.05) is 6.92 Å². The van der Waals surface area contributed by atoms with Gasteiger partial charge in [-0.1, -0.05) is 31.3 Å². The van der Waals surface area contributed by atoms with E-state index < -0.39 is 0 Å². The summed E-state index contributed by atoms with van der Waals surface area (Å²) in [6, 6.07) is 0. The van der Waals surface area contributed by atoms with Crippen molar-refractivity contribution < 1.29 is 4.84 Å². The maximum Gasteiger partial charge on any atom is 0.145 e. The van der Waals surface area contributed by atoms with E-state index in [0.29, 0.717) is 0 Å². The van der Waals surface area contributed by atoms with Gasteiger partial charge in [-0.05, 0) is 19.9 Å². The maximum absolute atomic E-state index is 5.22. The van der Waals surface area contributed by atoms with Gasteiger partial charge in [0.1, 0.15) is 6.10 Å². The highest BCUT2D eigenvalue weighted by molar-refractivity contribution is 5.82. The van der Waals surface area contributed by atoms with E-state index in [1.165, 1.54) is 25.7 Å². The van der Waals surface area contributed by atoms with Gasteiger partial charge in [-0.25, -0.2) is 0 Å². The normalized spacial score (nSPS) is 20.7. The standard InChI is InChI=1S/C11H22N2O/c1-3-4-5-6-7-12-9-11-8-10(2)13-14-11/h11-12H,3-9H2,1-2H3. The SMILES string of the molecule is CCCCCCNCC1CC(C)=NO1. The van der Waals surface area contributed by atoms with Crippen molar-refractivity contribution in [2.45, 2.75) is 52.1 Å². The molecule has 14 heavy (non-hydrogen) atoms. The Bertz CT molecular complexity index is 180. The third kappa shape index (κ3) is 4.61. The topological polar surface area (TPSA) is 33.6 Å². The smallest absolute Gasteiger partial charge is 0.145 e. The van der Waals surface area contributed by atoms with Crippen molar-refractivity contribution in [3.05, 3.63) is 0 Å². The van der Waals surface area contributed by atoms with Gasteiger partial charge in [0.2, 0.25) is 0 Å². The van der Waals surface area contributed by atoms with Crippen molar-refractivity contribution in [1.82, 2.24) is 5.32 Å². The third-order valence-corrected chi connectivity index (χ3v) is 2.46. The minimum atomic E-state index is 0.279. The highest BCUT2D eigenvalue weighted by atomic mass is 16.6. The van der Waals surface area contributed by atoms with Gasteiger partial charge in [-0.15, -0.1) is 0 Å². The van der Waals surface area contributed by atoms with Gasteiger partial charge in [-0.3, -0.25) is 0 Å². The lowest BCUT2D eigenvalue weighted by Gasteiger charge is -2.09. The first-order chi connectivity index (χ1) is 6.83. The summed E-state index contributed by atoms with van der Waals surface area (Å²) in [5.41, 5.74) is 1.11. The van der Waals surface area contributed by atoms with Crippen LogP contribution in [-0.2, 0) is 4.84 Å². The molecule has 1 rings (SSSR count). The molecule has 0 aromatic carbocycles. The van der Waals surface area contributed by atoms with E-state index in [1.54, 1.807) is 0 Å². The molecule has 0 radical (unpaired) electrons. The summed E-state index contributed by atoms with van der Waals surface area (Å²) in [4.78, 5) is 5.22. The van der Waals surface area contributed by atoms with Crippen LogP contribution < -0.4 is 5.32 Å². The quantitative estimate of drug-likeness (QED) is 0.637. The lowest BCUT2D eigenvalue weighted by atomic mass is 10.2. The van der Waals surface area contributed by atoms with Gasteiger partial charge in [-0.2, -0.15) is 0 Å². The molecule has 3 heteroatoms. The molecule has 0 saturated carbocycles. The maximum atomic E-state index is 5.22. The lowest BCUT2D eigenvalue weighted by Crippen LogP contribution is -2.27. The minimum absolute atomic E-state index is 0.279. The van der Waals surface area contributed by atoms with Crippen molar-refractivity contribution in [1.29, 1.82) is 0 Å². The number of oxime groups is 1. The first-order valence-corrected chi connectivity index (χ1v) is 5.73. The molecule has 0 aliphatic carbocycles. The van der Waals surface area contributed by atoms with Gasteiger partial charge < -0.3 is 10.2 Å². The summed E-state index contributed by atoms with van der Waals surface area (Å²) < 4.78 is 0. The minimum Gasteiger partial charge on any atom is -0.391 e. The van der Waals surface area contributed by atoms with E-state index in [-0.39, 0.29) is 6.10 Å². The van der Waals surface area contributed by atoms with Crippen LogP contribution in [0.3, 0.4) is 0 Å². The molecule has 1 heterocycles. The van der Waals surface area contributed by atoms with Crippen molar-refractivity contribution >= 4 is 5.71 Å². The fourth-order valence-electron chi connectivity index (χ4n) is 1.62. The van der Waals surface area contributed by atoms with Crippen LogP contribution in [0.4, 0.5) is 0 Å². The molecule has 1 unspecified atom stereocenters. The first-order valence-electron chi connectivity index (χ1n) is 5.73. The molecule has 0 saturated heterocycles. The Balaban J connectivity index is 1.85. The van der Waals surface area contributed by atoms with Crippen LogP contribution in [0.15, 0.2) is 5.16 Å². The number of hydrogen-bond acceptors (Lipinski definition) is 3. The Labute approximate surface area is 86.9 Å². The van der Waals surface area contributed by atoms with Crippen molar-refractivity contribution in [3.8, 4) is 0 Å². The second kappa shape index (κ2) is 6.82. The number of nitrogens with zero attached hydrogens (tertiary/aromatic N) is 1. The van der Waals surface area contributed by atoms with Gasteiger partial charge in [0.15, 0.2) is 0 Å². The molecule has 1 N–H and O–H groups in total. The Morgan fingerprint density at radius 2 is 2.29 bits per heavy atom. The summed E-state index contributed by atoms with van der Waals surface area (Å²) >= 11 is 0. The molecule has 0 spiro atoms. The van der Waals surface area contributed by atoms with Gasteiger partial charge in [0.25, 0.3) is 0 Å². The van der Waals surface area contributed by atoms with E-state index in [2.05, 4.69) is 17.4 Å². The van der Waals surface area contributed by atoms with Crippen LogP contribution in [0.5, 0.6) is 0 Å². The molecule has 0 fully saturated rings. The predicted molar refractivity (Wildman–Crippen MR) is 59.6 cm³/mol. The molecular weight excluding hydrogens is 176 g/mol. The molecule has 1 aliphatic heterocycles. The summed E-state index contributed by atoms with van der Waals surface area (Å²) in [5.74, 6) is 0. The lowest BCUT2D eigenvalue weighted by molar-refractivity contribution is 0.0851. The number of rotatable bonds is 7. The number of hydrogen-bond donors (Lipinski definition) is 1. The highest BCUT2D eigenvalue weighted by Gasteiger charge is 2.16. The van der Waals surface area contributed by atoms with Crippen molar-refractivity contribution in [2.24, 2.45) is 5.16 Å². The van der Waals surface area contributed by atoms with E-state index in [0.717, 1.165) is 25.2 Å². The Morgan fingerprint density at radius 3 is 2.93 bits per heavy atom. The summed E-state index contributed by atoms with van der Waals surface area (Å²) in [5, 5.41) is 7.33. The molecule has 3 nitrogen and oxygen atoms in total. The van der Waals surface area contributed by atoms with Crippen LogP contribution in [0.1, 0.15) is 46.0 Å². The number of unbranched alkanes of at least 4 members (excludes halogenated alkanes) is 3. The zero-order chi connectivity index (χ0) is 10.2. The van der Waals surface area contributed by atoms with Gasteiger partial charge >= 0.3 is 0 Å². The second-order valence-corrected chi connectivity index (χ2v) is 4.02. The Hall–Kier alpha value is -0.570. The number of nitrogens with one attached hydrogen (secondary N) is 1. The first kappa shape index (κ1) is 11.5. The highest BCUT2D eigenvalue weighted by Crippen LogP contribution is 2.08. The Kier molecular flexibility index (Phi) is 5.60. The zero-order valence-electron chi connectivity index (χ0n) is 9.38. The molecule has 82 valence electrons. The van der Waals surface area contributed by atoms with E-state index >= 15 is 0 Å². The van der Waals surface area contributed by atoms with Crippen molar-refractivity contribution in [3.63, 3.8) is 0 Å². The van der Waals surface area contributed by atoms with Crippen molar-refractivity contribution in [2.75, 3.05) is 13.1 Å². The molecular formula is C11H22N2O. The fraction of sp³-hybridized carbons (Fsp3) is 0.909. The summed E-state index contributed by atoms with van der Waals surface area (Å²) in [6.07, 6.45) is 6.54. The summed E-state index contributed by atoms with van der Waals surface area (Å²) in [6.45, 7) is 6.30. The van der Waals surface area contributed by atoms with E-state index in [4.69, 9.17) is 4.84 Å². The van der Waals surface area contributed by atoms with Gasteiger partial charge in [0, 0.05) is 13.0 Å². The molecule has 1 atom stereocenters. The third-order valence-electron chi connectivity index (χ3n) is 2.46. The average Bonchev–Trinajstić information content (AvgIpc) is 2.58. The Morgan fingerprint density at radius 1 is 1.43 bits per heavy atom. The van der Waals surface area contributed by atoms with Crippen LogP contribution >= 0.6 is 0 Å². The molecule has 0 aromatic heterocycles. The van der Waals surface area contributed by atoms with Crippen LogP contribution in [0.25, 0.3) is 0 Å². The fourth-order valence-corrected chi connectivity index (χ4v) is 1.62. The van der Waals surface area contributed by atoms with Crippen LogP contribution in [0, 0.1) is 0 Å². The van der Waals surface area contributed by atoms with Gasteiger partial charge in [0.05, 0.1) is 5.71 Å². The second-order valence-electron chi connectivity index (χ2n) is 4.02. The largest absolute Gasteiger partial charge is 0.391 e.